The molecular weight excluding hydrogens is 126 g/mol. The van der Waals surface area contributed by atoms with Gasteiger partial charge in [0.15, 0.2) is 0 Å². The van der Waals surface area contributed by atoms with Crippen LogP contribution in [-0.2, 0) is 0 Å². The van der Waals surface area contributed by atoms with Crippen LogP contribution in [0.4, 0.5) is 5.69 Å². The Morgan fingerprint density at radius 1 is 1.50 bits per heavy atom. The molecule has 1 radical (unpaired) electrons. The summed E-state index contributed by atoms with van der Waals surface area (Å²) < 4.78 is 0. The lowest BCUT2D eigenvalue weighted by atomic mass is 10.1. The number of aliphatic hydroxyl groups is 1. The van der Waals surface area contributed by atoms with E-state index in [1.165, 1.54) is 0 Å². The molecule has 0 fully saturated rings. The maximum absolute atomic E-state index is 8.98. The number of nitrogens with two attached hydrogens (primary N) is 1. The van der Waals surface area contributed by atoms with Crippen molar-refractivity contribution in [1.29, 1.82) is 0 Å². The Kier molecular flexibility index (Phi) is 1.92. The molecule has 1 aromatic carbocycles. The van der Waals surface area contributed by atoms with Gasteiger partial charge in [0.1, 0.15) is 0 Å². The summed E-state index contributed by atoms with van der Waals surface area (Å²) >= 11 is 0. The molecule has 1 aromatic rings. The highest BCUT2D eigenvalue weighted by Crippen LogP contribution is 2.13. The van der Waals surface area contributed by atoms with Crippen molar-refractivity contribution in [1.82, 2.24) is 0 Å². The van der Waals surface area contributed by atoms with Gasteiger partial charge in [0.05, 0.1) is 6.10 Å². The van der Waals surface area contributed by atoms with E-state index in [9.17, 15) is 0 Å². The Bertz CT molecular complexity index is 220. The van der Waals surface area contributed by atoms with E-state index in [4.69, 9.17) is 10.8 Å². The predicted octanol–water partition coefficient (Wildman–Crippen LogP) is 1.14. The molecule has 1 unspecified atom stereocenters. The monoisotopic (exact) mass is 136 g/mol. The molecule has 0 spiro atoms. The molecule has 0 aliphatic rings. The van der Waals surface area contributed by atoms with E-state index in [0.717, 1.165) is 5.56 Å². The largest absolute Gasteiger partial charge is 0.399 e. The lowest BCUT2D eigenvalue weighted by molar-refractivity contribution is 0.226. The summed E-state index contributed by atoms with van der Waals surface area (Å²) in [6.07, 6.45) is -0.677. The van der Waals surface area contributed by atoms with Crippen LogP contribution < -0.4 is 5.73 Å². The number of aliphatic hydroxyl groups excluding tert-OH is 1. The van der Waals surface area contributed by atoms with E-state index in [2.05, 4.69) is 6.92 Å². The number of anilines is 1. The zero-order chi connectivity index (χ0) is 7.56. The van der Waals surface area contributed by atoms with Crippen LogP contribution in [-0.4, -0.2) is 5.11 Å². The third-order valence-electron chi connectivity index (χ3n) is 1.30. The molecule has 0 amide bonds. The number of nitrogen functional groups attached to an aromatic ring is 1. The molecule has 0 heterocycles. The van der Waals surface area contributed by atoms with Gasteiger partial charge in [-0.3, -0.25) is 0 Å². The minimum Gasteiger partial charge on any atom is -0.399 e. The second-order valence-electron chi connectivity index (χ2n) is 2.19. The van der Waals surface area contributed by atoms with Gasteiger partial charge >= 0.3 is 0 Å². The molecule has 0 saturated carbocycles. The summed E-state index contributed by atoms with van der Waals surface area (Å²) in [5, 5.41) is 8.98. The molecule has 0 bridgehead atoms. The molecule has 10 heavy (non-hydrogen) atoms. The second-order valence-corrected chi connectivity index (χ2v) is 2.19. The number of hydrogen-bond donors (Lipinski definition) is 2. The molecule has 1 atom stereocenters. The first-order valence-corrected chi connectivity index (χ1v) is 3.07. The van der Waals surface area contributed by atoms with Crippen LogP contribution in [0.5, 0.6) is 0 Å². The summed E-state index contributed by atoms with van der Waals surface area (Å²) in [4.78, 5) is 0. The van der Waals surface area contributed by atoms with Crippen LogP contribution in [0.1, 0.15) is 11.7 Å². The standard InChI is InChI=1S/C8H10NO/c1-6(10)7-3-2-4-8(9)5-7/h2-6,10H,1,9H2. The number of hydrogen-bond acceptors (Lipinski definition) is 2. The zero-order valence-electron chi connectivity index (χ0n) is 5.62. The highest BCUT2D eigenvalue weighted by atomic mass is 16.3. The quantitative estimate of drug-likeness (QED) is 0.568. The first-order chi connectivity index (χ1) is 4.70. The van der Waals surface area contributed by atoms with E-state index >= 15 is 0 Å². The Labute approximate surface area is 60.3 Å². The van der Waals surface area contributed by atoms with Gasteiger partial charge in [-0.15, -0.1) is 0 Å². The minimum atomic E-state index is -0.677. The van der Waals surface area contributed by atoms with Gasteiger partial charge in [-0.25, -0.2) is 0 Å². The van der Waals surface area contributed by atoms with Crippen LogP contribution in [0, 0.1) is 6.92 Å². The van der Waals surface area contributed by atoms with Crippen molar-refractivity contribution >= 4 is 5.69 Å². The average Bonchev–Trinajstić information content (AvgIpc) is 1.88. The van der Waals surface area contributed by atoms with Crippen molar-refractivity contribution in [3.8, 4) is 0 Å². The van der Waals surface area contributed by atoms with Crippen molar-refractivity contribution in [2.75, 3.05) is 5.73 Å². The Hall–Kier alpha value is -1.02. The molecule has 0 aliphatic heterocycles. The van der Waals surface area contributed by atoms with E-state index in [0.29, 0.717) is 5.69 Å². The van der Waals surface area contributed by atoms with E-state index in [1.807, 2.05) is 0 Å². The van der Waals surface area contributed by atoms with Gasteiger partial charge in [-0.2, -0.15) is 0 Å². The van der Waals surface area contributed by atoms with E-state index in [1.54, 1.807) is 24.3 Å². The van der Waals surface area contributed by atoms with Crippen LogP contribution in [0.2, 0.25) is 0 Å². The molecule has 2 nitrogen and oxygen atoms in total. The van der Waals surface area contributed by atoms with Crippen molar-refractivity contribution < 1.29 is 5.11 Å². The van der Waals surface area contributed by atoms with Crippen molar-refractivity contribution in [3.05, 3.63) is 36.8 Å². The summed E-state index contributed by atoms with van der Waals surface area (Å²) in [6, 6.07) is 7.05. The van der Waals surface area contributed by atoms with E-state index < -0.39 is 6.10 Å². The molecule has 53 valence electrons. The van der Waals surface area contributed by atoms with Crippen LogP contribution in [0.3, 0.4) is 0 Å². The maximum atomic E-state index is 8.98. The normalized spacial score (nSPS) is 13.0. The topological polar surface area (TPSA) is 46.2 Å². The van der Waals surface area contributed by atoms with Crippen LogP contribution in [0.15, 0.2) is 24.3 Å². The van der Waals surface area contributed by atoms with Crippen molar-refractivity contribution in [3.63, 3.8) is 0 Å². The van der Waals surface area contributed by atoms with Gasteiger partial charge in [-0.1, -0.05) is 12.1 Å². The first kappa shape index (κ1) is 7.09. The highest BCUT2D eigenvalue weighted by Gasteiger charge is 1.98. The number of benzene rings is 1. The van der Waals surface area contributed by atoms with Crippen LogP contribution in [0.25, 0.3) is 0 Å². The lowest BCUT2D eigenvalue weighted by Gasteiger charge is -2.03. The summed E-state index contributed by atoms with van der Waals surface area (Å²) in [5.74, 6) is 0. The zero-order valence-corrected chi connectivity index (χ0v) is 5.62. The molecule has 1 rings (SSSR count). The predicted molar refractivity (Wildman–Crippen MR) is 41.2 cm³/mol. The minimum absolute atomic E-state index is 0.653. The SMILES string of the molecule is [CH2]C(O)c1cccc(N)c1. The smallest absolute Gasteiger partial charge is 0.0791 e. The first-order valence-electron chi connectivity index (χ1n) is 3.07. The second kappa shape index (κ2) is 2.71. The maximum Gasteiger partial charge on any atom is 0.0791 e. The van der Waals surface area contributed by atoms with Gasteiger partial charge in [0, 0.05) is 5.69 Å². The summed E-state index contributed by atoms with van der Waals surface area (Å²) in [5.41, 5.74) is 6.86. The molecule has 0 aliphatic carbocycles. The number of rotatable bonds is 1. The summed E-state index contributed by atoms with van der Waals surface area (Å²) in [7, 11) is 0. The third kappa shape index (κ3) is 1.48. The molecule has 0 aromatic heterocycles. The highest BCUT2D eigenvalue weighted by molar-refractivity contribution is 5.41. The van der Waals surface area contributed by atoms with Gasteiger partial charge in [-0.05, 0) is 24.6 Å². The molecule has 2 heteroatoms. The fourth-order valence-corrected chi connectivity index (χ4v) is 0.766. The Morgan fingerprint density at radius 2 is 2.20 bits per heavy atom. The molecule has 3 N–H and O–H groups in total. The van der Waals surface area contributed by atoms with Crippen molar-refractivity contribution in [2.45, 2.75) is 6.10 Å². The fourth-order valence-electron chi connectivity index (χ4n) is 0.766. The lowest BCUT2D eigenvalue weighted by Crippen LogP contribution is -1.92. The van der Waals surface area contributed by atoms with E-state index in [-0.39, 0.29) is 0 Å². The average molecular weight is 136 g/mol. The Balaban J connectivity index is 2.96. The fraction of sp³-hybridized carbons (Fsp3) is 0.125. The van der Waals surface area contributed by atoms with Gasteiger partial charge < -0.3 is 10.8 Å². The Morgan fingerprint density at radius 3 is 2.60 bits per heavy atom. The van der Waals surface area contributed by atoms with Gasteiger partial charge in [0.25, 0.3) is 0 Å². The van der Waals surface area contributed by atoms with Crippen molar-refractivity contribution in [2.24, 2.45) is 0 Å². The third-order valence-corrected chi connectivity index (χ3v) is 1.30. The molecule has 0 saturated heterocycles. The summed E-state index contributed by atoms with van der Waals surface area (Å²) in [6.45, 7) is 3.45. The van der Waals surface area contributed by atoms with Crippen LogP contribution >= 0.6 is 0 Å². The molecular formula is C8H10NO. The van der Waals surface area contributed by atoms with Gasteiger partial charge in [0.2, 0.25) is 0 Å².